The molecule has 18 heavy (non-hydrogen) atoms. The monoisotopic (exact) mass is 246 g/mol. The Hall–Kier alpha value is -1.36. The number of ether oxygens (including phenoxy) is 1. The summed E-state index contributed by atoms with van der Waals surface area (Å²) >= 11 is 0. The highest BCUT2D eigenvalue weighted by atomic mass is 16.5. The summed E-state index contributed by atoms with van der Waals surface area (Å²) in [6, 6.07) is 9.92. The van der Waals surface area contributed by atoms with E-state index in [9.17, 15) is 0 Å². The molecule has 4 heteroatoms. The lowest BCUT2D eigenvalue weighted by molar-refractivity contribution is 0.0271. The third-order valence-corrected chi connectivity index (χ3v) is 3.57. The number of para-hydroxylation sites is 1. The minimum Gasteiger partial charge on any atom is -0.459 e. The number of nitrogens with two attached hydrogens (primary N) is 1. The van der Waals surface area contributed by atoms with Gasteiger partial charge in [0.25, 0.3) is 0 Å². The first-order chi connectivity index (χ1) is 8.78. The van der Waals surface area contributed by atoms with Gasteiger partial charge in [-0.2, -0.15) is 0 Å². The van der Waals surface area contributed by atoms with Gasteiger partial charge in [0, 0.05) is 5.39 Å². The maximum absolute atomic E-state index is 5.86. The van der Waals surface area contributed by atoms with Crippen molar-refractivity contribution in [2.45, 2.75) is 38.0 Å². The number of hydrogen-bond donors (Lipinski definition) is 2. The Morgan fingerprint density at radius 1 is 1.33 bits per heavy atom. The van der Waals surface area contributed by atoms with E-state index in [4.69, 9.17) is 15.0 Å². The quantitative estimate of drug-likeness (QED) is 0.645. The lowest BCUT2D eigenvalue weighted by Crippen LogP contribution is -2.36. The predicted molar refractivity (Wildman–Crippen MR) is 69.8 cm³/mol. The average molecular weight is 246 g/mol. The number of hydrazine groups is 1. The highest BCUT2D eigenvalue weighted by Crippen LogP contribution is 2.32. The van der Waals surface area contributed by atoms with Crippen molar-refractivity contribution < 1.29 is 9.15 Å². The molecule has 3 atom stereocenters. The fourth-order valence-corrected chi connectivity index (χ4v) is 2.61. The molecule has 0 aliphatic carbocycles. The van der Waals surface area contributed by atoms with E-state index in [1.54, 1.807) is 0 Å². The number of benzene rings is 1. The molecule has 3 unspecified atom stereocenters. The second kappa shape index (κ2) is 4.72. The summed E-state index contributed by atoms with van der Waals surface area (Å²) in [5, 5.41) is 1.10. The van der Waals surface area contributed by atoms with Crippen LogP contribution in [0.1, 0.15) is 31.6 Å². The Bertz CT molecular complexity index is 504. The van der Waals surface area contributed by atoms with Gasteiger partial charge < -0.3 is 9.15 Å². The number of hydrogen-bond acceptors (Lipinski definition) is 4. The standard InChI is InChI=1S/C14H18N2O2/c1-9-6-7-12(17-9)14(16-15)13-8-10-4-2-3-5-11(10)18-13/h2-5,8-9,12,14,16H,6-7,15H2,1H3. The molecule has 1 aromatic heterocycles. The van der Waals surface area contributed by atoms with Crippen LogP contribution in [0.15, 0.2) is 34.7 Å². The van der Waals surface area contributed by atoms with Crippen LogP contribution < -0.4 is 11.3 Å². The first-order valence-electron chi connectivity index (χ1n) is 6.38. The second-order valence-corrected chi connectivity index (χ2v) is 4.89. The molecule has 3 rings (SSSR count). The van der Waals surface area contributed by atoms with Crippen LogP contribution >= 0.6 is 0 Å². The molecule has 1 aliphatic heterocycles. The molecular weight excluding hydrogens is 228 g/mol. The summed E-state index contributed by atoms with van der Waals surface area (Å²) in [4.78, 5) is 0. The minimum atomic E-state index is -0.0812. The Balaban J connectivity index is 1.91. The van der Waals surface area contributed by atoms with Gasteiger partial charge in [-0.1, -0.05) is 18.2 Å². The van der Waals surface area contributed by atoms with Crippen molar-refractivity contribution in [3.63, 3.8) is 0 Å². The third kappa shape index (κ3) is 2.03. The number of fused-ring (bicyclic) bond motifs is 1. The molecule has 1 aromatic carbocycles. The second-order valence-electron chi connectivity index (χ2n) is 4.89. The minimum absolute atomic E-state index is 0.0812. The molecule has 0 saturated carbocycles. The summed E-state index contributed by atoms with van der Waals surface area (Å²) in [6.45, 7) is 2.09. The lowest BCUT2D eigenvalue weighted by Gasteiger charge is -2.20. The average Bonchev–Trinajstić information content (AvgIpc) is 2.96. The van der Waals surface area contributed by atoms with Crippen LogP contribution in [0.4, 0.5) is 0 Å². The number of nitrogens with one attached hydrogen (secondary N) is 1. The van der Waals surface area contributed by atoms with Gasteiger partial charge in [-0.25, -0.2) is 5.43 Å². The molecule has 0 radical (unpaired) electrons. The van der Waals surface area contributed by atoms with Crippen molar-refractivity contribution in [3.8, 4) is 0 Å². The van der Waals surface area contributed by atoms with E-state index in [0.717, 1.165) is 29.6 Å². The molecule has 3 N–H and O–H groups in total. The zero-order valence-electron chi connectivity index (χ0n) is 10.4. The third-order valence-electron chi connectivity index (χ3n) is 3.57. The van der Waals surface area contributed by atoms with Gasteiger partial charge in [-0.05, 0) is 31.9 Å². The van der Waals surface area contributed by atoms with E-state index in [1.807, 2.05) is 30.3 Å². The molecule has 1 fully saturated rings. The van der Waals surface area contributed by atoms with Gasteiger partial charge in [0.1, 0.15) is 17.4 Å². The van der Waals surface area contributed by atoms with E-state index >= 15 is 0 Å². The molecule has 0 spiro atoms. The Kier molecular flexibility index (Phi) is 3.07. The first kappa shape index (κ1) is 11.7. The van der Waals surface area contributed by atoms with Crippen molar-refractivity contribution in [1.82, 2.24) is 5.43 Å². The van der Waals surface area contributed by atoms with Gasteiger partial charge in [0.15, 0.2) is 0 Å². The normalized spacial score (nSPS) is 25.7. The zero-order chi connectivity index (χ0) is 12.5. The highest BCUT2D eigenvalue weighted by Gasteiger charge is 2.32. The fourth-order valence-electron chi connectivity index (χ4n) is 2.61. The van der Waals surface area contributed by atoms with Gasteiger partial charge in [0.2, 0.25) is 0 Å². The molecule has 4 nitrogen and oxygen atoms in total. The Morgan fingerprint density at radius 3 is 2.83 bits per heavy atom. The van der Waals surface area contributed by atoms with Crippen LogP contribution in [-0.4, -0.2) is 12.2 Å². The molecule has 1 aliphatic rings. The van der Waals surface area contributed by atoms with Crippen LogP contribution in [0, 0.1) is 0 Å². The van der Waals surface area contributed by atoms with E-state index in [1.165, 1.54) is 0 Å². The maximum atomic E-state index is 5.86. The van der Waals surface area contributed by atoms with Crippen LogP contribution in [0.2, 0.25) is 0 Å². The molecule has 2 heterocycles. The SMILES string of the molecule is CC1CCC(C(NN)c2cc3ccccc3o2)O1. The van der Waals surface area contributed by atoms with Crippen molar-refractivity contribution >= 4 is 11.0 Å². The van der Waals surface area contributed by atoms with Gasteiger partial charge >= 0.3 is 0 Å². The first-order valence-corrected chi connectivity index (χ1v) is 6.38. The van der Waals surface area contributed by atoms with E-state index < -0.39 is 0 Å². The molecule has 0 bridgehead atoms. The van der Waals surface area contributed by atoms with Crippen LogP contribution in [0.25, 0.3) is 11.0 Å². The summed E-state index contributed by atoms with van der Waals surface area (Å²) in [7, 11) is 0. The number of furan rings is 1. The van der Waals surface area contributed by atoms with Crippen molar-refractivity contribution in [1.29, 1.82) is 0 Å². The summed E-state index contributed by atoms with van der Waals surface area (Å²) in [5.74, 6) is 6.51. The summed E-state index contributed by atoms with van der Waals surface area (Å²) in [6.07, 6.45) is 2.47. The fraction of sp³-hybridized carbons (Fsp3) is 0.429. The van der Waals surface area contributed by atoms with E-state index in [2.05, 4.69) is 12.3 Å². The van der Waals surface area contributed by atoms with E-state index in [0.29, 0.717) is 6.10 Å². The summed E-state index contributed by atoms with van der Waals surface area (Å²) in [5.41, 5.74) is 3.71. The van der Waals surface area contributed by atoms with Gasteiger partial charge in [-0.3, -0.25) is 5.84 Å². The van der Waals surface area contributed by atoms with E-state index in [-0.39, 0.29) is 12.1 Å². The largest absolute Gasteiger partial charge is 0.459 e. The van der Waals surface area contributed by atoms with Gasteiger partial charge in [-0.15, -0.1) is 0 Å². The summed E-state index contributed by atoms with van der Waals surface area (Å²) < 4.78 is 11.7. The predicted octanol–water partition coefficient (Wildman–Crippen LogP) is 2.50. The van der Waals surface area contributed by atoms with Crippen LogP contribution in [0.5, 0.6) is 0 Å². The zero-order valence-corrected chi connectivity index (χ0v) is 10.4. The maximum Gasteiger partial charge on any atom is 0.134 e. The molecule has 2 aromatic rings. The topological polar surface area (TPSA) is 60.4 Å². The molecule has 1 saturated heterocycles. The smallest absolute Gasteiger partial charge is 0.134 e. The number of rotatable bonds is 3. The Morgan fingerprint density at radius 2 is 2.17 bits per heavy atom. The van der Waals surface area contributed by atoms with Crippen molar-refractivity contribution in [3.05, 3.63) is 36.1 Å². The lowest BCUT2D eigenvalue weighted by atomic mass is 10.1. The van der Waals surface area contributed by atoms with Crippen molar-refractivity contribution in [2.24, 2.45) is 5.84 Å². The Labute approximate surface area is 106 Å². The van der Waals surface area contributed by atoms with Gasteiger partial charge in [0.05, 0.1) is 12.2 Å². The van der Waals surface area contributed by atoms with Crippen LogP contribution in [-0.2, 0) is 4.74 Å². The molecule has 96 valence electrons. The molecular formula is C14H18N2O2. The molecule has 0 amide bonds. The highest BCUT2D eigenvalue weighted by molar-refractivity contribution is 5.77. The van der Waals surface area contributed by atoms with Crippen molar-refractivity contribution in [2.75, 3.05) is 0 Å². The van der Waals surface area contributed by atoms with Crippen LogP contribution in [0.3, 0.4) is 0 Å².